The van der Waals surface area contributed by atoms with Gasteiger partial charge in [-0.1, -0.05) is 11.6 Å². The second kappa shape index (κ2) is 7.38. The second-order valence-corrected chi connectivity index (χ2v) is 7.36. The summed E-state index contributed by atoms with van der Waals surface area (Å²) in [4.78, 5) is 29.7. The average molecular weight is 425 g/mol. The Labute approximate surface area is 175 Å². The van der Waals surface area contributed by atoms with Crippen molar-refractivity contribution in [3.8, 4) is 11.4 Å². The van der Waals surface area contributed by atoms with E-state index < -0.39 is 0 Å². The zero-order chi connectivity index (χ0) is 20.7. The number of amides is 1. The highest BCUT2D eigenvalue weighted by atomic mass is 35.5. The molecule has 4 aromatic heterocycles. The highest BCUT2D eigenvalue weighted by molar-refractivity contribution is 6.29. The monoisotopic (exact) mass is 424 g/mol. The summed E-state index contributed by atoms with van der Waals surface area (Å²) in [5.41, 5.74) is 3.83. The van der Waals surface area contributed by atoms with Gasteiger partial charge in [0.2, 0.25) is 5.65 Å². The lowest BCUT2D eigenvalue weighted by molar-refractivity contribution is 0.0744. The summed E-state index contributed by atoms with van der Waals surface area (Å²) in [6.45, 7) is 4.22. The highest BCUT2D eigenvalue weighted by Crippen LogP contribution is 2.24. The molecule has 0 radical (unpaired) electrons. The summed E-state index contributed by atoms with van der Waals surface area (Å²) in [7, 11) is 0. The minimum atomic E-state index is -0.0528. The van der Waals surface area contributed by atoms with Crippen LogP contribution in [0, 0.1) is 6.92 Å². The van der Waals surface area contributed by atoms with Crippen LogP contribution in [-0.4, -0.2) is 67.3 Å². The molecule has 0 atom stereocenters. The van der Waals surface area contributed by atoms with Gasteiger partial charge in [0.25, 0.3) is 11.9 Å². The summed E-state index contributed by atoms with van der Waals surface area (Å²) in [5, 5.41) is 10.8. The molecule has 30 heavy (non-hydrogen) atoms. The minimum Gasteiger partial charge on any atom is -0.422 e. The number of oxazole rings is 1. The van der Waals surface area contributed by atoms with E-state index >= 15 is 0 Å². The predicted molar refractivity (Wildman–Crippen MR) is 109 cm³/mol. The quantitative estimate of drug-likeness (QED) is 0.498. The van der Waals surface area contributed by atoms with Crippen molar-refractivity contribution in [2.45, 2.75) is 6.92 Å². The number of fused-ring (bicyclic) bond motifs is 1. The molecule has 0 unspecified atom stereocenters. The molecule has 1 N–H and O–H groups in total. The molecule has 5 heterocycles. The second-order valence-electron chi connectivity index (χ2n) is 6.98. The third-order valence-corrected chi connectivity index (χ3v) is 5.24. The third-order valence-electron chi connectivity index (χ3n) is 5.03. The molecule has 1 aliphatic heterocycles. The smallest absolute Gasteiger partial charge is 0.300 e. The molecule has 1 saturated heterocycles. The average Bonchev–Trinajstić information content (AvgIpc) is 3.43. The number of aromatic amines is 1. The van der Waals surface area contributed by atoms with Gasteiger partial charge in [0.05, 0.1) is 17.5 Å². The van der Waals surface area contributed by atoms with Crippen molar-refractivity contribution in [2.24, 2.45) is 0 Å². The van der Waals surface area contributed by atoms with E-state index in [9.17, 15) is 4.79 Å². The third kappa shape index (κ3) is 3.35. The molecule has 1 fully saturated rings. The van der Waals surface area contributed by atoms with Crippen LogP contribution in [0.3, 0.4) is 0 Å². The minimum absolute atomic E-state index is 0.0528. The molecule has 0 aromatic carbocycles. The maximum Gasteiger partial charge on any atom is 0.300 e. The standard InChI is InChI=1S/C19H17ClN8O2/c1-11-8-12(9-21-16(11)13-10-22-26-25-13)18(29)27-4-6-28(7-5-27)19-24-17-14(30-19)2-3-15(20)23-17/h2-3,8-10H,4-7H2,1H3,(H,22,25,26). The van der Waals surface area contributed by atoms with Gasteiger partial charge in [0.15, 0.2) is 5.58 Å². The molecule has 1 amide bonds. The first-order chi connectivity index (χ1) is 14.6. The van der Waals surface area contributed by atoms with Crippen LogP contribution in [0.4, 0.5) is 6.01 Å². The molecule has 0 saturated carbocycles. The first-order valence-electron chi connectivity index (χ1n) is 9.38. The van der Waals surface area contributed by atoms with E-state index in [0.717, 1.165) is 5.56 Å². The fourth-order valence-corrected chi connectivity index (χ4v) is 3.62. The Morgan fingerprint density at radius 3 is 2.73 bits per heavy atom. The number of nitrogens with zero attached hydrogens (tertiary/aromatic N) is 7. The summed E-state index contributed by atoms with van der Waals surface area (Å²) in [6, 6.07) is 5.74. The van der Waals surface area contributed by atoms with Gasteiger partial charge >= 0.3 is 0 Å². The van der Waals surface area contributed by atoms with Crippen LogP contribution in [0.2, 0.25) is 5.15 Å². The molecule has 152 valence electrons. The Bertz CT molecular complexity index is 1210. The Morgan fingerprint density at radius 2 is 2.00 bits per heavy atom. The molecular formula is C19H17ClN8O2. The molecule has 0 aliphatic carbocycles. The summed E-state index contributed by atoms with van der Waals surface area (Å²) in [5.74, 6) is -0.0528. The number of hydrogen-bond acceptors (Lipinski definition) is 8. The maximum atomic E-state index is 12.9. The van der Waals surface area contributed by atoms with Crippen molar-refractivity contribution in [1.82, 2.24) is 35.3 Å². The first kappa shape index (κ1) is 18.5. The summed E-state index contributed by atoms with van der Waals surface area (Å²) < 4.78 is 5.77. The van der Waals surface area contributed by atoms with E-state index in [4.69, 9.17) is 16.0 Å². The number of carbonyl (C=O) groups excluding carboxylic acids is 1. The summed E-state index contributed by atoms with van der Waals surface area (Å²) in [6.07, 6.45) is 3.19. The molecule has 10 nitrogen and oxygen atoms in total. The lowest BCUT2D eigenvalue weighted by Gasteiger charge is -2.33. The van der Waals surface area contributed by atoms with Gasteiger partial charge in [0.1, 0.15) is 10.8 Å². The van der Waals surface area contributed by atoms with Crippen LogP contribution in [0.25, 0.3) is 22.6 Å². The topological polar surface area (TPSA) is 117 Å². The van der Waals surface area contributed by atoms with Crippen molar-refractivity contribution >= 4 is 34.8 Å². The number of aromatic nitrogens is 6. The number of carbonyl (C=O) groups is 1. The number of nitrogens with one attached hydrogen (secondary N) is 1. The number of halogens is 1. The number of pyridine rings is 2. The van der Waals surface area contributed by atoms with Crippen LogP contribution < -0.4 is 4.90 Å². The fourth-order valence-electron chi connectivity index (χ4n) is 3.48. The van der Waals surface area contributed by atoms with Gasteiger partial charge < -0.3 is 14.2 Å². The number of piperazine rings is 1. The molecular weight excluding hydrogens is 408 g/mol. The van der Waals surface area contributed by atoms with Gasteiger partial charge in [-0.3, -0.25) is 9.78 Å². The normalized spacial score (nSPS) is 14.5. The van der Waals surface area contributed by atoms with E-state index in [1.165, 1.54) is 0 Å². The van der Waals surface area contributed by atoms with Crippen molar-refractivity contribution < 1.29 is 9.21 Å². The van der Waals surface area contributed by atoms with Crippen LogP contribution in [-0.2, 0) is 0 Å². The van der Waals surface area contributed by atoms with E-state index in [-0.39, 0.29) is 5.91 Å². The number of hydrogen-bond donors (Lipinski definition) is 1. The molecule has 4 aromatic rings. The van der Waals surface area contributed by atoms with Crippen LogP contribution in [0.5, 0.6) is 0 Å². The van der Waals surface area contributed by atoms with Crippen LogP contribution in [0.1, 0.15) is 15.9 Å². The Kier molecular flexibility index (Phi) is 4.55. The molecule has 0 spiro atoms. The lowest BCUT2D eigenvalue weighted by Crippen LogP contribution is -2.49. The number of aryl methyl sites for hydroxylation is 1. The van der Waals surface area contributed by atoms with Gasteiger partial charge in [-0.2, -0.15) is 20.4 Å². The maximum absolute atomic E-state index is 12.9. The summed E-state index contributed by atoms with van der Waals surface area (Å²) >= 11 is 5.91. The van der Waals surface area contributed by atoms with Crippen LogP contribution >= 0.6 is 11.6 Å². The van der Waals surface area contributed by atoms with E-state index in [1.807, 2.05) is 17.9 Å². The van der Waals surface area contributed by atoms with Gasteiger partial charge in [-0.05, 0) is 30.7 Å². The molecule has 5 rings (SSSR count). The van der Waals surface area contributed by atoms with Gasteiger partial charge in [-0.15, -0.1) is 0 Å². The lowest BCUT2D eigenvalue weighted by atomic mass is 10.1. The fraction of sp³-hybridized carbons (Fsp3) is 0.263. The largest absolute Gasteiger partial charge is 0.422 e. The Hall–Kier alpha value is -3.53. The number of H-pyrrole nitrogens is 1. The SMILES string of the molecule is Cc1cc(C(=O)N2CCN(c3nc4nc(Cl)ccc4o3)CC2)cnc1-c1cn[nH]n1. The number of rotatable bonds is 3. The van der Waals surface area contributed by atoms with Crippen molar-refractivity contribution in [3.63, 3.8) is 0 Å². The van der Waals surface area contributed by atoms with Crippen LogP contribution in [0.15, 0.2) is 35.0 Å². The molecule has 0 bridgehead atoms. The van der Waals surface area contributed by atoms with E-state index in [2.05, 4.69) is 30.4 Å². The molecule has 1 aliphatic rings. The zero-order valence-corrected chi connectivity index (χ0v) is 16.8. The van der Waals surface area contributed by atoms with Crippen molar-refractivity contribution in [3.05, 3.63) is 46.9 Å². The van der Waals surface area contributed by atoms with E-state index in [0.29, 0.717) is 65.5 Å². The molecule has 11 heteroatoms. The number of anilines is 1. The Balaban J connectivity index is 1.28. The van der Waals surface area contributed by atoms with Crippen molar-refractivity contribution in [1.29, 1.82) is 0 Å². The zero-order valence-electron chi connectivity index (χ0n) is 16.0. The first-order valence-corrected chi connectivity index (χ1v) is 9.76. The Morgan fingerprint density at radius 1 is 1.17 bits per heavy atom. The van der Waals surface area contributed by atoms with Gasteiger partial charge in [-0.25, -0.2) is 4.98 Å². The van der Waals surface area contributed by atoms with Gasteiger partial charge in [0, 0.05) is 32.4 Å². The predicted octanol–water partition coefficient (Wildman–Crippen LogP) is 2.33. The van der Waals surface area contributed by atoms with Crippen molar-refractivity contribution in [2.75, 3.05) is 31.1 Å². The van der Waals surface area contributed by atoms with E-state index in [1.54, 1.807) is 29.4 Å². The highest BCUT2D eigenvalue weighted by Gasteiger charge is 2.25.